The van der Waals surface area contributed by atoms with E-state index in [4.69, 9.17) is 18.9 Å². The number of benzene rings is 5. The van der Waals surface area contributed by atoms with Crippen LogP contribution in [0, 0.1) is 0 Å². The number of rotatable bonds is 13. The van der Waals surface area contributed by atoms with Crippen molar-refractivity contribution in [1.82, 2.24) is 0 Å². The predicted octanol–water partition coefficient (Wildman–Crippen LogP) is 8.31. The Morgan fingerprint density at radius 1 is 0.562 bits per heavy atom. The van der Waals surface area contributed by atoms with Gasteiger partial charge in [0.2, 0.25) is 5.78 Å². The number of hydrogen-bond acceptors (Lipinski definition) is 7. The number of hydrogen-bond donors (Lipinski definition) is 1. The highest BCUT2D eigenvalue weighted by atomic mass is 16.6. The van der Waals surface area contributed by atoms with Crippen LogP contribution >= 0.6 is 0 Å². The summed E-state index contributed by atoms with van der Waals surface area (Å²) in [5, 5.41) is 9.99. The second kappa shape index (κ2) is 15.1. The summed E-state index contributed by atoms with van der Waals surface area (Å²) in [4.78, 5) is 40.7. The molecule has 8 heteroatoms. The summed E-state index contributed by atoms with van der Waals surface area (Å²) in [6.45, 7) is 5.31. The molecular formula is C40H36O8. The number of carbonyl (C=O) groups excluding carboxylic acids is 2. The molecule has 0 aliphatic carbocycles. The molecule has 0 bridgehead atoms. The summed E-state index contributed by atoms with van der Waals surface area (Å²) >= 11 is 0. The third-order valence-corrected chi connectivity index (χ3v) is 7.14. The van der Waals surface area contributed by atoms with Gasteiger partial charge in [-0.3, -0.25) is 4.79 Å². The lowest BCUT2D eigenvalue weighted by atomic mass is 9.95. The molecule has 1 N–H and O–H groups in total. The van der Waals surface area contributed by atoms with Crippen molar-refractivity contribution in [3.05, 3.63) is 160 Å². The zero-order chi connectivity index (χ0) is 34.1. The molecule has 8 nitrogen and oxygen atoms in total. The van der Waals surface area contributed by atoms with E-state index in [2.05, 4.69) is 0 Å². The lowest BCUT2D eigenvalue weighted by Gasteiger charge is -2.24. The predicted molar refractivity (Wildman–Crippen MR) is 181 cm³/mol. The van der Waals surface area contributed by atoms with Crippen molar-refractivity contribution in [1.29, 1.82) is 0 Å². The van der Waals surface area contributed by atoms with Crippen molar-refractivity contribution in [3.8, 4) is 17.2 Å². The van der Waals surface area contributed by atoms with E-state index in [1.807, 2.05) is 91.0 Å². The van der Waals surface area contributed by atoms with Gasteiger partial charge in [-0.1, -0.05) is 109 Å². The van der Waals surface area contributed by atoms with E-state index in [1.54, 1.807) is 32.9 Å². The van der Waals surface area contributed by atoms with Gasteiger partial charge in [-0.25, -0.2) is 9.59 Å². The van der Waals surface area contributed by atoms with Crippen molar-refractivity contribution in [2.75, 3.05) is 0 Å². The fourth-order valence-corrected chi connectivity index (χ4v) is 4.91. The van der Waals surface area contributed by atoms with Crippen LogP contribution in [0.25, 0.3) is 0 Å². The summed E-state index contributed by atoms with van der Waals surface area (Å²) in [6.07, 6.45) is 0. The highest BCUT2D eigenvalue weighted by molar-refractivity contribution is 6.18. The summed E-state index contributed by atoms with van der Waals surface area (Å²) in [6, 6.07) is 35.2. The van der Waals surface area contributed by atoms with E-state index >= 15 is 0 Å². The Hall–Kier alpha value is -5.89. The minimum absolute atomic E-state index is 0.0000249. The minimum Gasteiger partial charge on any atom is -0.488 e. The van der Waals surface area contributed by atoms with E-state index in [9.17, 15) is 19.5 Å². The van der Waals surface area contributed by atoms with Gasteiger partial charge < -0.3 is 24.1 Å². The van der Waals surface area contributed by atoms with Crippen molar-refractivity contribution in [2.24, 2.45) is 0 Å². The van der Waals surface area contributed by atoms with E-state index in [1.165, 1.54) is 18.2 Å². The normalized spacial score (nSPS) is 11.0. The molecule has 0 aliphatic heterocycles. The maximum Gasteiger partial charge on any atom is 0.342 e. The molecule has 5 aromatic carbocycles. The van der Waals surface area contributed by atoms with Crippen LogP contribution in [0.3, 0.4) is 0 Å². The third-order valence-electron chi connectivity index (χ3n) is 7.14. The van der Waals surface area contributed by atoms with E-state index in [-0.39, 0.29) is 59.3 Å². The van der Waals surface area contributed by atoms with Gasteiger partial charge in [-0.15, -0.1) is 0 Å². The molecule has 244 valence electrons. The average molecular weight is 645 g/mol. The molecule has 5 rings (SSSR count). The maximum atomic E-state index is 14.6. The zero-order valence-electron chi connectivity index (χ0n) is 27.0. The monoisotopic (exact) mass is 644 g/mol. The standard InChI is InChI=1S/C40H36O8/c1-40(2,3)48-39(44)32-23-33(45-24-27-15-7-4-8-16-27)34(35(41)30-21-13-14-22-31(30)38(42)43)37(47-26-29-19-11-6-12-20-29)36(32)46-25-28-17-9-5-10-18-28/h4-23H,24-26H2,1-3H3,(H,42,43). The summed E-state index contributed by atoms with van der Waals surface area (Å²) in [5.74, 6) is -2.79. The van der Waals surface area contributed by atoms with Crippen LogP contribution < -0.4 is 14.2 Å². The van der Waals surface area contributed by atoms with Gasteiger partial charge >= 0.3 is 11.9 Å². The van der Waals surface area contributed by atoms with Gasteiger partial charge in [0.25, 0.3) is 0 Å². The Morgan fingerprint density at radius 3 is 1.48 bits per heavy atom. The van der Waals surface area contributed by atoms with Crippen molar-refractivity contribution < 1.29 is 38.4 Å². The van der Waals surface area contributed by atoms with Gasteiger partial charge in [-0.2, -0.15) is 0 Å². The average Bonchev–Trinajstić information content (AvgIpc) is 3.09. The lowest BCUT2D eigenvalue weighted by molar-refractivity contribution is 0.00635. The molecule has 0 aliphatic rings. The molecule has 0 heterocycles. The van der Waals surface area contributed by atoms with Gasteiger partial charge in [0, 0.05) is 5.56 Å². The Balaban J connectivity index is 1.76. The Labute approximate surface area is 279 Å². The first-order valence-corrected chi connectivity index (χ1v) is 15.4. The van der Waals surface area contributed by atoms with Crippen LogP contribution in [0.15, 0.2) is 121 Å². The lowest BCUT2D eigenvalue weighted by Crippen LogP contribution is -2.25. The number of ether oxygens (including phenoxy) is 4. The number of aromatic carboxylic acids is 1. The Morgan fingerprint density at radius 2 is 1.00 bits per heavy atom. The second-order valence-electron chi connectivity index (χ2n) is 12.0. The molecule has 0 radical (unpaired) electrons. The van der Waals surface area contributed by atoms with Gasteiger partial charge in [0.05, 0.1) is 5.56 Å². The molecule has 0 fully saturated rings. The molecule has 0 atom stereocenters. The summed E-state index contributed by atoms with van der Waals surface area (Å²) < 4.78 is 24.8. The first-order valence-electron chi connectivity index (χ1n) is 15.4. The van der Waals surface area contributed by atoms with Gasteiger partial charge in [-0.05, 0) is 49.6 Å². The Kier molecular flexibility index (Phi) is 10.6. The van der Waals surface area contributed by atoms with Crippen LogP contribution in [0.4, 0.5) is 0 Å². The third kappa shape index (κ3) is 8.47. The van der Waals surface area contributed by atoms with Crippen LogP contribution in [0.1, 0.15) is 74.1 Å². The number of carboxylic acids is 1. The van der Waals surface area contributed by atoms with E-state index in [0.29, 0.717) is 0 Å². The highest BCUT2D eigenvalue weighted by Crippen LogP contribution is 2.44. The molecule has 0 saturated heterocycles. The van der Waals surface area contributed by atoms with Gasteiger partial charge in [0.15, 0.2) is 11.5 Å². The molecule has 0 saturated carbocycles. The molecule has 0 unspecified atom stereocenters. The van der Waals surface area contributed by atoms with E-state index < -0.39 is 23.3 Å². The first kappa shape index (κ1) is 33.5. The number of ketones is 1. The SMILES string of the molecule is CC(C)(C)OC(=O)c1cc(OCc2ccccc2)c(C(=O)c2ccccc2C(=O)O)c(OCc2ccccc2)c1OCc1ccccc1. The Bertz CT molecular complexity index is 1880. The highest BCUT2D eigenvalue weighted by Gasteiger charge is 2.33. The fourth-order valence-electron chi connectivity index (χ4n) is 4.91. The zero-order valence-corrected chi connectivity index (χ0v) is 27.0. The van der Waals surface area contributed by atoms with Crippen molar-refractivity contribution >= 4 is 17.7 Å². The molecule has 5 aromatic rings. The number of carbonyl (C=O) groups is 3. The summed E-state index contributed by atoms with van der Waals surface area (Å²) in [5.41, 5.74) is 1.13. The minimum atomic E-state index is -1.27. The topological polar surface area (TPSA) is 108 Å². The molecule has 48 heavy (non-hydrogen) atoms. The first-order chi connectivity index (χ1) is 23.1. The molecule has 0 spiro atoms. The van der Waals surface area contributed by atoms with Crippen molar-refractivity contribution in [2.45, 2.75) is 46.2 Å². The summed E-state index contributed by atoms with van der Waals surface area (Å²) in [7, 11) is 0. The van der Waals surface area contributed by atoms with Crippen molar-refractivity contribution in [3.63, 3.8) is 0 Å². The van der Waals surface area contributed by atoms with Gasteiger partial charge in [0.1, 0.15) is 42.3 Å². The fraction of sp³-hybridized carbons (Fsp3) is 0.175. The molecule has 0 aromatic heterocycles. The second-order valence-corrected chi connectivity index (χ2v) is 12.0. The number of esters is 1. The molecule has 0 amide bonds. The van der Waals surface area contributed by atoms with Crippen LogP contribution in [0.2, 0.25) is 0 Å². The van der Waals surface area contributed by atoms with Crippen LogP contribution in [-0.4, -0.2) is 28.4 Å². The largest absolute Gasteiger partial charge is 0.488 e. The number of carboxylic acid groups (broad SMARTS) is 1. The van der Waals surface area contributed by atoms with Crippen LogP contribution in [-0.2, 0) is 24.6 Å². The molecular weight excluding hydrogens is 608 g/mol. The maximum absolute atomic E-state index is 14.6. The smallest absolute Gasteiger partial charge is 0.342 e. The van der Waals surface area contributed by atoms with Crippen LogP contribution in [0.5, 0.6) is 17.2 Å². The van der Waals surface area contributed by atoms with E-state index in [0.717, 1.165) is 16.7 Å². The quantitative estimate of drug-likeness (QED) is 0.101.